The molecule has 0 radical (unpaired) electrons. The predicted octanol–water partition coefficient (Wildman–Crippen LogP) is 1.95. The molecule has 168 valence electrons. The fourth-order valence-corrected chi connectivity index (χ4v) is 4.76. The Morgan fingerprint density at radius 3 is 2.53 bits per heavy atom. The summed E-state index contributed by atoms with van der Waals surface area (Å²) < 4.78 is 5.66. The van der Waals surface area contributed by atoms with Gasteiger partial charge in [0.2, 0.25) is 0 Å². The summed E-state index contributed by atoms with van der Waals surface area (Å²) in [6.45, 7) is 0.247. The molecule has 2 heterocycles. The van der Waals surface area contributed by atoms with Gasteiger partial charge >= 0.3 is 6.03 Å². The van der Waals surface area contributed by atoms with Crippen molar-refractivity contribution in [3.8, 4) is 5.75 Å². The van der Waals surface area contributed by atoms with Gasteiger partial charge in [-0.1, -0.05) is 60.3 Å². The number of thioether (sulfide) groups is 1. The summed E-state index contributed by atoms with van der Waals surface area (Å²) in [5, 5.41) is 13.7. The van der Waals surface area contributed by atoms with Crippen molar-refractivity contribution in [3.63, 3.8) is 0 Å². The zero-order valence-corrected chi connectivity index (χ0v) is 18.6. The Morgan fingerprint density at radius 1 is 1.12 bits per heavy atom. The van der Waals surface area contributed by atoms with Gasteiger partial charge in [-0.05, 0) is 24.1 Å². The van der Waals surface area contributed by atoms with Crippen LogP contribution in [0.3, 0.4) is 0 Å². The number of imide groups is 1. The maximum atomic E-state index is 12.6. The molecular weight excluding hydrogens is 428 g/mol. The van der Waals surface area contributed by atoms with E-state index >= 15 is 0 Å². The van der Waals surface area contributed by atoms with Crippen LogP contribution >= 0.6 is 11.8 Å². The number of hydrogen-bond acceptors (Lipinski definition) is 7. The van der Waals surface area contributed by atoms with E-state index in [2.05, 4.69) is 22.4 Å². The van der Waals surface area contributed by atoms with Crippen LogP contribution in [0.15, 0.2) is 65.7 Å². The molecule has 0 aromatic heterocycles. The number of fused-ring (bicyclic) bond motifs is 1. The van der Waals surface area contributed by atoms with Crippen LogP contribution in [0, 0.1) is 0 Å². The summed E-state index contributed by atoms with van der Waals surface area (Å²) in [4.78, 5) is 32.6. The second kappa shape index (κ2) is 10.1. The van der Waals surface area contributed by atoms with E-state index in [1.165, 1.54) is 22.2 Å². The highest BCUT2D eigenvalue weighted by Gasteiger charge is 2.48. The number of aryl methyl sites for hydroxylation is 1. The van der Waals surface area contributed by atoms with E-state index in [0.717, 1.165) is 12.2 Å². The third kappa shape index (κ3) is 5.05. The summed E-state index contributed by atoms with van der Waals surface area (Å²) in [5.74, 6) is 1.02. The van der Waals surface area contributed by atoms with Gasteiger partial charge in [0.1, 0.15) is 18.5 Å². The number of benzene rings is 2. The van der Waals surface area contributed by atoms with Gasteiger partial charge in [-0.25, -0.2) is 9.79 Å². The Hall–Kier alpha value is -3.04. The molecule has 3 unspecified atom stereocenters. The number of likely N-dealkylation sites (N-methyl/N-ethyl adjacent to an activating group) is 1. The van der Waals surface area contributed by atoms with Crippen molar-refractivity contribution in [2.45, 2.75) is 24.7 Å². The van der Waals surface area contributed by atoms with E-state index < -0.39 is 30.2 Å². The molecule has 0 saturated carbocycles. The highest BCUT2D eigenvalue weighted by Crippen LogP contribution is 2.29. The number of β-amino-alcohol motifs (C(OH)–C–C–N with tert-alkyl or cyclic N) is 1. The molecule has 0 aliphatic carbocycles. The lowest BCUT2D eigenvalue weighted by Gasteiger charge is -2.36. The van der Waals surface area contributed by atoms with Gasteiger partial charge in [0.05, 0.1) is 6.54 Å². The number of hydrogen-bond donors (Lipinski definition) is 2. The number of amides is 3. The average Bonchev–Trinajstić information content (AvgIpc) is 3.16. The summed E-state index contributed by atoms with van der Waals surface area (Å²) in [7, 11) is 1.62. The highest BCUT2D eigenvalue weighted by atomic mass is 32.2. The molecule has 2 aromatic rings. The Kier molecular flexibility index (Phi) is 6.96. The van der Waals surface area contributed by atoms with Crippen molar-refractivity contribution in [3.05, 3.63) is 66.2 Å². The van der Waals surface area contributed by atoms with E-state index in [1.54, 1.807) is 11.9 Å². The smallest absolute Gasteiger partial charge is 0.325 e. The Bertz CT molecular complexity index is 972. The van der Waals surface area contributed by atoms with E-state index in [1.807, 2.05) is 48.5 Å². The largest absolute Gasteiger partial charge is 0.491 e. The molecule has 2 aromatic carbocycles. The number of aliphatic hydroxyl groups is 1. The van der Waals surface area contributed by atoms with Crippen LogP contribution in [-0.4, -0.2) is 76.3 Å². The molecule has 9 heteroatoms. The Labute approximate surface area is 191 Å². The topological polar surface area (TPSA) is 94.5 Å². The van der Waals surface area contributed by atoms with Crippen LogP contribution in [0.25, 0.3) is 0 Å². The minimum absolute atomic E-state index is 0.0796. The maximum absolute atomic E-state index is 12.6. The third-order valence-corrected chi connectivity index (χ3v) is 6.39. The first-order valence-electron chi connectivity index (χ1n) is 10.5. The molecule has 0 spiro atoms. The normalized spacial score (nSPS) is 21.1. The summed E-state index contributed by atoms with van der Waals surface area (Å²) in [5.41, 5.74) is 1.21. The van der Waals surface area contributed by atoms with Crippen molar-refractivity contribution >= 4 is 28.9 Å². The lowest BCUT2D eigenvalue weighted by Crippen LogP contribution is -2.64. The minimum atomic E-state index is -0.843. The molecule has 1 fully saturated rings. The van der Waals surface area contributed by atoms with Gasteiger partial charge < -0.3 is 19.6 Å². The van der Waals surface area contributed by atoms with Crippen LogP contribution in [-0.2, 0) is 11.2 Å². The molecular formula is C23H26N4O4S. The standard InChI is InChI=1S/C23H26N4O4S/c1-26-20-19(21(29)25-22(26)30)27(14-17(28)15-31-18-10-6-3-7-11-18)23(24-20)32-13-12-16-8-4-2-5-9-16/h2-11,17,19-20,28H,12-15H2,1H3,(H,25,29,30). The van der Waals surface area contributed by atoms with Gasteiger partial charge in [-0.2, -0.15) is 0 Å². The SMILES string of the molecule is CN1C(=O)NC(=O)C2C1N=C(SCCc1ccccc1)N2CC(O)COc1ccccc1. The second-order valence-electron chi connectivity index (χ2n) is 7.69. The van der Waals surface area contributed by atoms with Gasteiger partial charge in [0.15, 0.2) is 17.4 Å². The third-order valence-electron chi connectivity index (χ3n) is 5.38. The zero-order chi connectivity index (χ0) is 22.5. The molecule has 32 heavy (non-hydrogen) atoms. The molecule has 3 atom stereocenters. The van der Waals surface area contributed by atoms with Crippen LogP contribution in [0.1, 0.15) is 5.56 Å². The monoisotopic (exact) mass is 454 g/mol. The molecule has 2 aliphatic heterocycles. The van der Waals surface area contributed by atoms with E-state index in [0.29, 0.717) is 10.9 Å². The molecule has 0 bridgehead atoms. The van der Waals surface area contributed by atoms with Crippen LogP contribution in [0.2, 0.25) is 0 Å². The van der Waals surface area contributed by atoms with Crippen molar-refractivity contribution < 1.29 is 19.4 Å². The van der Waals surface area contributed by atoms with Crippen molar-refractivity contribution in [1.29, 1.82) is 0 Å². The van der Waals surface area contributed by atoms with E-state index in [4.69, 9.17) is 4.74 Å². The number of carbonyl (C=O) groups excluding carboxylic acids is 2. The molecule has 8 nitrogen and oxygen atoms in total. The first kappa shape index (κ1) is 22.2. The maximum Gasteiger partial charge on any atom is 0.325 e. The van der Waals surface area contributed by atoms with Gasteiger partial charge in [0.25, 0.3) is 5.91 Å². The minimum Gasteiger partial charge on any atom is -0.491 e. The highest BCUT2D eigenvalue weighted by molar-refractivity contribution is 8.13. The number of para-hydroxylation sites is 1. The Morgan fingerprint density at radius 2 is 1.81 bits per heavy atom. The number of urea groups is 1. The molecule has 2 aliphatic rings. The summed E-state index contributed by atoms with van der Waals surface area (Å²) in [6.07, 6.45) is -0.615. The van der Waals surface area contributed by atoms with Crippen LogP contribution in [0.4, 0.5) is 4.79 Å². The van der Waals surface area contributed by atoms with Crippen LogP contribution < -0.4 is 10.1 Å². The quantitative estimate of drug-likeness (QED) is 0.633. The Balaban J connectivity index is 1.44. The average molecular weight is 455 g/mol. The zero-order valence-electron chi connectivity index (χ0n) is 17.8. The van der Waals surface area contributed by atoms with Crippen molar-refractivity contribution in [2.75, 3.05) is 26.0 Å². The number of amidine groups is 1. The van der Waals surface area contributed by atoms with Crippen LogP contribution in [0.5, 0.6) is 5.75 Å². The number of carbonyl (C=O) groups is 2. The fraction of sp³-hybridized carbons (Fsp3) is 0.348. The molecule has 4 rings (SSSR count). The van der Waals surface area contributed by atoms with Gasteiger partial charge in [-0.3, -0.25) is 10.1 Å². The first-order chi connectivity index (χ1) is 15.5. The van der Waals surface area contributed by atoms with Gasteiger partial charge in [0, 0.05) is 12.8 Å². The molecule has 3 amide bonds. The first-order valence-corrected chi connectivity index (χ1v) is 11.5. The lowest BCUT2D eigenvalue weighted by molar-refractivity contribution is -0.127. The summed E-state index contributed by atoms with van der Waals surface area (Å²) in [6, 6.07) is 18.2. The van der Waals surface area contributed by atoms with E-state index in [-0.39, 0.29) is 13.2 Å². The molecule has 1 saturated heterocycles. The lowest BCUT2D eigenvalue weighted by atomic mass is 10.1. The van der Waals surface area contributed by atoms with Gasteiger partial charge in [-0.15, -0.1) is 0 Å². The van der Waals surface area contributed by atoms with Crippen molar-refractivity contribution in [1.82, 2.24) is 15.1 Å². The van der Waals surface area contributed by atoms with Crippen molar-refractivity contribution in [2.24, 2.45) is 4.99 Å². The number of nitrogens with zero attached hydrogens (tertiary/aromatic N) is 3. The van der Waals surface area contributed by atoms with E-state index in [9.17, 15) is 14.7 Å². The fourth-order valence-electron chi connectivity index (χ4n) is 3.71. The number of ether oxygens (including phenoxy) is 1. The second-order valence-corrected chi connectivity index (χ2v) is 8.75. The number of aliphatic imine (C=N–C) groups is 1. The predicted molar refractivity (Wildman–Crippen MR) is 124 cm³/mol. The number of aliphatic hydroxyl groups excluding tert-OH is 1. The number of rotatable bonds is 8. The summed E-state index contributed by atoms with van der Waals surface area (Å²) >= 11 is 1.52. The molecule has 2 N–H and O–H groups in total. The number of nitrogens with one attached hydrogen (secondary N) is 1.